The Morgan fingerprint density at radius 1 is 0.600 bits per heavy atom. The van der Waals surface area contributed by atoms with Gasteiger partial charge in [-0.2, -0.15) is 0 Å². The molecule has 0 saturated carbocycles. The summed E-state index contributed by atoms with van der Waals surface area (Å²) in [6, 6.07) is 18.5. The van der Waals surface area contributed by atoms with Gasteiger partial charge in [0.05, 0.1) is 22.8 Å². The summed E-state index contributed by atoms with van der Waals surface area (Å²) in [4.78, 5) is 16.0. The zero-order valence-electron chi connectivity index (χ0n) is 20.6. The van der Waals surface area contributed by atoms with E-state index in [1.54, 1.807) is 0 Å². The van der Waals surface area contributed by atoms with Gasteiger partial charge in [-0.3, -0.25) is 0 Å². The molecule has 6 rings (SSSR count). The Labute approximate surface area is 218 Å². The Morgan fingerprint density at radius 2 is 0.971 bits per heavy atom. The van der Waals surface area contributed by atoms with E-state index in [1.807, 2.05) is 48.6 Å². The van der Waals surface area contributed by atoms with Gasteiger partial charge in [0.2, 0.25) is 0 Å². The molecule has 0 atom stereocenters. The molecule has 2 aliphatic heterocycles. The third-order valence-electron chi connectivity index (χ3n) is 6.25. The molecule has 0 unspecified atom stereocenters. The van der Waals surface area contributed by atoms with E-state index in [1.165, 1.54) is 16.8 Å². The molecule has 6 heterocycles. The maximum atomic E-state index is 4.63. The summed E-state index contributed by atoms with van der Waals surface area (Å²) in [6.07, 6.45) is 10.2. The van der Waals surface area contributed by atoms with Crippen molar-refractivity contribution < 1.29 is 24.0 Å². The number of aromatic nitrogens is 5. The Morgan fingerprint density at radius 3 is 1.31 bits per heavy atom. The summed E-state index contributed by atoms with van der Waals surface area (Å²) in [5, 5.41) is 0. The first-order valence-corrected chi connectivity index (χ1v) is 11.4. The average molecular weight is 512 g/mol. The molecule has 8 bridgehead atoms. The molecule has 2 aliphatic rings. The summed E-state index contributed by atoms with van der Waals surface area (Å²) in [5.74, 6) is 0. The maximum absolute atomic E-state index is 4.63. The van der Waals surface area contributed by atoms with E-state index in [0.29, 0.717) is 0 Å². The molecule has 0 fully saturated rings. The summed E-state index contributed by atoms with van der Waals surface area (Å²) in [7, 11) is 2.07. The normalized spacial score (nSPS) is 11.5. The Kier molecular flexibility index (Phi) is 7.23. The molecule has 4 aromatic rings. The van der Waals surface area contributed by atoms with Crippen molar-refractivity contribution in [1.82, 2.24) is 19.9 Å². The molecule has 0 aromatic carbocycles. The van der Waals surface area contributed by atoms with Crippen molar-refractivity contribution in [2.45, 2.75) is 20.8 Å². The fourth-order valence-electron chi connectivity index (χ4n) is 3.95. The van der Waals surface area contributed by atoms with Gasteiger partial charge in [-0.25, -0.2) is 14.5 Å². The van der Waals surface area contributed by atoms with Crippen LogP contribution in [0.1, 0.15) is 39.6 Å². The third kappa shape index (κ3) is 5.72. The Bertz CT molecular complexity index is 1400. The predicted octanol–water partition coefficient (Wildman–Crippen LogP) is 6.09. The van der Waals surface area contributed by atoms with Crippen LogP contribution in [0.3, 0.4) is 0 Å². The number of nitrogens with one attached hydrogen (secondary N) is 2. The van der Waals surface area contributed by atoms with Gasteiger partial charge in [-0.05, 0) is 92.2 Å². The van der Waals surface area contributed by atoms with Crippen LogP contribution < -0.4 is 4.57 Å². The summed E-state index contributed by atoms with van der Waals surface area (Å²) in [5.41, 5.74) is 12.0. The SMILES string of the molecule is C1=Cc2cc3ccc(cc4nc(cc5ccc(cc1n2)[nH]5)C=C4)[nH]3.Cc1cc[n+](C)c(C)c1C.[Zn+2]. The van der Waals surface area contributed by atoms with Gasteiger partial charge in [0.15, 0.2) is 11.9 Å². The molecule has 4 aromatic heterocycles. The van der Waals surface area contributed by atoms with E-state index in [2.05, 4.69) is 88.9 Å². The molecule has 0 saturated heterocycles. The van der Waals surface area contributed by atoms with Gasteiger partial charge >= 0.3 is 19.5 Å². The molecule has 0 aliphatic carbocycles. The van der Waals surface area contributed by atoms with E-state index in [0.717, 1.165) is 44.8 Å². The van der Waals surface area contributed by atoms with Crippen molar-refractivity contribution >= 4 is 46.4 Å². The van der Waals surface area contributed by atoms with Crippen molar-refractivity contribution in [3.63, 3.8) is 0 Å². The number of hydrogen-bond acceptors (Lipinski definition) is 2. The van der Waals surface area contributed by atoms with Crippen LogP contribution in [0.25, 0.3) is 46.4 Å². The van der Waals surface area contributed by atoms with Crippen molar-refractivity contribution in [1.29, 1.82) is 0 Å². The summed E-state index contributed by atoms with van der Waals surface area (Å²) >= 11 is 0. The summed E-state index contributed by atoms with van der Waals surface area (Å²) < 4.78 is 2.14. The maximum Gasteiger partial charge on any atom is 2.00 e. The number of fused-ring (bicyclic) bond motifs is 8. The third-order valence-corrected chi connectivity index (χ3v) is 6.25. The summed E-state index contributed by atoms with van der Waals surface area (Å²) in [6.45, 7) is 6.44. The molecule has 0 amide bonds. The van der Waals surface area contributed by atoms with Crippen LogP contribution >= 0.6 is 0 Å². The average Bonchev–Trinajstić information content (AvgIpc) is 3.61. The Hall–Kier alpha value is -3.63. The largest absolute Gasteiger partial charge is 2.00 e. The number of H-pyrrole nitrogens is 2. The minimum Gasteiger partial charge on any atom is -0.355 e. The minimum atomic E-state index is 0. The van der Waals surface area contributed by atoms with Gasteiger partial charge in [0, 0.05) is 40.6 Å². The fourth-order valence-corrected chi connectivity index (χ4v) is 3.95. The molecule has 6 heteroatoms. The Balaban J connectivity index is 0.000000224. The first kappa shape index (κ1) is 24.5. The van der Waals surface area contributed by atoms with Gasteiger partial charge in [0.25, 0.3) is 0 Å². The van der Waals surface area contributed by atoms with Crippen LogP contribution in [0.15, 0.2) is 60.8 Å². The van der Waals surface area contributed by atoms with E-state index in [9.17, 15) is 0 Å². The number of hydrogen-bond donors (Lipinski definition) is 2. The van der Waals surface area contributed by atoms with Gasteiger partial charge in [-0.15, -0.1) is 0 Å². The number of aryl methyl sites for hydroxylation is 2. The molecule has 2 N–H and O–H groups in total. The van der Waals surface area contributed by atoms with Crippen LogP contribution in [-0.4, -0.2) is 19.9 Å². The molecule has 0 radical (unpaired) electrons. The van der Waals surface area contributed by atoms with Crippen LogP contribution in [0.2, 0.25) is 0 Å². The smallest absolute Gasteiger partial charge is 0.355 e. The van der Waals surface area contributed by atoms with Crippen LogP contribution in [-0.2, 0) is 26.5 Å². The second-order valence-electron chi connectivity index (χ2n) is 8.73. The zero-order valence-corrected chi connectivity index (χ0v) is 23.6. The van der Waals surface area contributed by atoms with Gasteiger partial charge < -0.3 is 9.97 Å². The van der Waals surface area contributed by atoms with Crippen LogP contribution in [0.5, 0.6) is 0 Å². The molecular weight excluding hydrogens is 484 g/mol. The van der Waals surface area contributed by atoms with Crippen molar-refractivity contribution in [2.75, 3.05) is 0 Å². The fraction of sp³-hybridized carbons (Fsp3) is 0.138. The second kappa shape index (κ2) is 10.3. The van der Waals surface area contributed by atoms with Gasteiger partial charge in [-0.1, -0.05) is 0 Å². The van der Waals surface area contributed by atoms with Gasteiger partial charge in [0.1, 0.15) is 7.05 Å². The molecular formula is C29H28N5Zn+3. The van der Waals surface area contributed by atoms with Crippen LogP contribution in [0, 0.1) is 20.8 Å². The molecule has 0 spiro atoms. The number of aromatic amines is 2. The number of pyridine rings is 1. The second-order valence-corrected chi connectivity index (χ2v) is 8.73. The van der Waals surface area contributed by atoms with Crippen molar-refractivity contribution in [3.8, 4) is 0 Å². The predicted molar refractivity (Wildman–Crippen MR) is 141 cm³/mol. The zero-order chi connectivity index (χ0) is 23.7. The van der Waals surface area contributed by atoms with Crippen molar-refractivity contribution in [2.24, 2.45) is 7.05 Å². The quantitative estimate of drug-likeness (QED) is 0.191. The van der Waals surface area contributed by atoms with E-state index in [4.69, 9.17) is 0 Å². The van der Waals surface area contributed by atoms with E-state index < -0.39 is 0 Å². The monoisotopic (exact) mass is 510 g/mol. The minimum absolute atomic E-state index is 0. The molecule has 5 nitrogen and oxygen atoms in total. The molecule has 35 heavy (non-hydrogen) atoms. The standard InChI is InChI=1S/C20H14N4.C9H14N.Zn/c1-2-14-10-16-5-6-18(23-16)12-20-8-7-19(24-20)11-17-4-3-15(22-17)9-13(1)21-14;1-7-5-6-10(4)9(3)8(7)2;/h1-12,21,24H;5-6H,1-4H3;/q;+1;+2. The molecule has 168 valence electrons. The van der Waals surface area contributed by atoms with E-state index >= 15 is 0 Å². The number of rotatable bonds is 0. The number of nitrogens with zero attached hydrogens (tertiary/aromatic N) is 3. The first-order valence-electron chi connectivity index (χ1n) is 11.4. The van der Waals surface area contributed by atoms with Crippen molar-refractivity contribution in [3.05, 3.63) is 100 Å². The topological polar surface area (TPSA) is 61.2 Å². The van der Waals surface area contributed by atoms with Crippen LogP contribution in [0.4, 0.5) is 0 Å². The first-order chi connectivity index (χ1) is 16.4. The van der Waals surface area contributed by atoms with E-state index in [-0.39, 0.29) is 19.5 Å².